The SMILES string of the molecule is CC[C@H](CN)Oc1cc2cccc(F)c2cc1C(=O)O.Cl. The average Bonchev–Trinajstić information content (AvgIpc) is 2.44. The third kappa shape index (κ3) is 3.62. The van der Waals surface area contributed by atoms with Gasteiger partial charge in [-0.05, 0) is 30.0 Å². The number of hydrogen-bond acceptors (Lipinski definition) is 3. The molecule has 0 aliphatic heterocycles. The summed E-state index contributed by atoms with van der Waals surface area (Å²) in [5.74, 6) is -1.40. The molecule has 0 bridgehead atoms. The molecule has 21 heavy (non-hydrogen) atoms. The fraction of sp³-hybridized carbons (Fsp3) is 0.267. The predicted molar refractivity (Wildman–Crippen MR) is 81.9 cm³/mol. The molecular weight excluding hydrogens is 297 g/mol. The number of aromatic carboxylic acids is 1. The zero-order valence-electron chi connectivity index (χ0n) is 11.5. The van der Waals surface area contributed by atoms with Gasteiger partial charge in [0.15, 0.2) is 0 Å². The molecule has 0 aliphatic rings. The quantitative estimate of drug-likeness (QED) is 0.889. The van der Waals surface area contributed by atoms with Crippen LogP contribution in [0.25, 0.3) is 10.8 Å². The molecule has 114 valence electrons. The van der Waals surface area contributed by atoms with E-state index in [1.165, 1.54) is 12.1 Å². The Bertz CT molecular complexity index is 644. The van der Waals surface area contributed by atoms with Crippen LogP contribution in [0, 0.1) is 5.82 Å². The van der Waals surface area contributed by atoms with Crippen LogP contribution >= 0.6 is 12.4 Å². The van der Waals surface area contributed by atoms with Gasteiger partial charge in [0.05, 0.1) is 0 Å². The molecule has 3 N–H and O–H groups in total. The zero-order chi connectivity index (χ0) is 14.7. The van der Waals surface area contributed by atoms with Crippen molar-refractivity contribution in [2.75, 3.05) is 6.54 Å². The Morgan fingerprint density at radius 3 is 2.71 bits per heavy atom. The highest BCUT2D eigenvalue weighted by atomic mass is 35.5. The first-order chi connectivity index (χ1) is 9.56. The van der Waals surface area contributed by atoms with Crippen molar-refractivity contribution < 1.29 is 19.0 Å². The molecule has 0 saturated carbocycles. The van der Waals surface area contributed by atoms with Crippen LogP contribution in [-0.2, 0) is 0 Å². The number of carboxylic acids is 1. The van der Waals surface area contributed by atoms with Crippen LogP contribution in [0.1, 0.15) is 23.7 Å². The van der Waals surface area contributed by atoms with Crippen molar-refractivity contribution in [2.24, 2.45) is 5.73 Å². The first-order valence-corrected chi connectivity index (χ1v) is 6.39. The topological polar surface area (TPSA) is 72.5 Å². The van der Waals surface area contributed by atoms with Gasteiger partial charge in [0.25, 0.3) is 0 Å². The molecule has 0 saturated heterocycles. The molecule has 0 aromatic heterocycles. The Morgan fingerprint density at radius 1 is 1.43 bits per heavy atom. The van der Waals surface area contributed by atoms with E-state index in [9.17, 15) is 14.3 Å². The molecule has 2 rings (SSSR count). The van der Waals surface area contributed by atoms with Gasteiger partial charge in [0, 0.05) is 11.9 Å². The molecule has 0 amide bonds. The summed E-state index contributed by atoms with van der Waals surface area (Å²) in [5, 5.41) is 10.1. The Balaban J connectivity index is 0.00000220. The van der Waals surface area contributed by atoms with Gasteiger partial charge in [-0.1, -0.05) is 19.1 Å². The van der Waals surface area contributed by atoms with Gasteiger partial charge >= 0.3 is 5.97 Å². The Morgan fingerprint density at radius 2 is 2.14 bits per heavy atom. The summed E-state index contributed by atoms with van der Waals surface area (Å²) >= 11 is 0. The summed E-state index contributed by atoms with van der Waals surface area (Å²) in [6.07, 6.45) is 0.399. The van der Waals surface area contributed by atoms with Crippen LogP contribution in [0.2, 0.25) is 0 Å². The zero-order valence-corrected chi connectivity index (χ0v) is 12.3. The van der Waals surface area contributed by atoms with E-state index < -0.39 is 11.8 Å². The second-order valence-electron chi connectivity index (χ2n) is 4.50. The third-order valence-electron chi connectivity index (χ3n) is 3.17. The minimum Gasteiger partial charge on any atom is -0.488 e. The van der Waals surface area contributed by atoms with Crippen molar-refractivity contribution in [1.29, 1.82) is 0 Å². The van der Waals surface area contributed by atoms with E-state index in [1.54, 1.807) is 18.2 Å². The van der Waals surface area contributed by atoms with E-state index in [-0.39, 0.29) is 41.8 Å². The molecule has 1 atom stereocenters. The number of nitrogens with two attached hydrogens (primary N) is 1. The summed E-state index contributed by atoms with van der Waals surface area (Å²) in [7, 11) is 0. The largest absolute Gasteiger partial charge is 0.488 e. The van der Waals surface area contributed by atoms with Crippen LogP contribution in [0.5, 0.6) is 5.75 Å². The lowest BCUT2D eigenvalue weighted by molar-refractivity contribution is 0.0689. The summed E-state index contributed by atoms with van der Waals surface area (Å²) < 4.78 is 19.3. The van der Waals surface area contributed by atoms with E-state index in [2.05, 4.69) is 0 Å². The van der Waals surface area contributed by atoms with Crippen LogP contribution in [0.4, 0.5) is 4.39 Å². The number of carboxylic acid groups (broad SMARTS) is 1. The number of hydrogen-bond donors (Lipinski definition) is 2. The van der Waals surface area contributed by atoms with Gasteiger partial charge in [-0.25, -0.2) is 9.18 Å². The summed E-state index contributed by atoms with van der Waals surface area (Å²) in [6.45, 7) is 2.19. The van der Waals surface area contributed by atoms with Crippen molar-refractivity contribution in [3.05, 3.63) is 41.7 Å². The van der Waals surface area contributed by atoms with Crippen molar-refractivity contribution >= 4 is 29.1 Å². The standard InChI is InChI=1S/C15H16FNO3.ClH/c1-2-10(8-17)20-14-6-9-4-3-5-13(16)11(9)7-12(14)15(18)19;/h3-7,10H,2,8,17H2,1H3,(H,18,19);1H/t10-;/m1./s1. The molecule has 0 unspecified atom stereocenters. The highest BCUT2D eigenvalue weighted by Gasteiger charge is 2.17. The van der Waals surface area contributed by atoms with E-state index in [4.69, 9.17) is 10.5 Å². The van der Waals surface area contributed by atoms with Crippen LogP contribution in [0.3, 0.4) is 0 Å². The van der Waals surface area contributed by atoms with Crippen LogP contribution < -0.4 is 10.5 Å². The maximum Gasteiger partial charge on any atom is 0.339 e. The third-order valence-corrected chi connectivity index (χ3v) is 3.17. The molecule has 2 aromatic carbocycles. The van der Waals surface area contributed by atoms with Crippen LogP contribution in [0.15, 0.2) is 30.3 Å². The van der Waals surface area contributed by atoms with E-state index in [0.717, 1.165) is 0 Å². The van der Waals surface area contributed by atoms with Gasteiger partial charge < -0.3 is 15.6 Å². The number of benzene rings is 2. The van der Waals surface area contributed by atoms with Gasteiger partial charge in [0.1, 0.15) is 23.2 Å². The first-order valence-electron chi connectivity index (χ1n) is 6.39. The first kappa shape index (κ1) is 17.2. The number of carbonyl (C=O) groups is 1. The van der Waals surface area contributed by atoms with Gasteiger partial charge in [-0.3, -0.25) is 0 Å². The second-order valence-corrected chi connectivity index (χ2v) is 4.50. The Hall–Kier alpha value is -1.85. The minimum atomic E-state index is -1.16. The molecule has 0 heterocycles. The summed E-state index contributed by atoms with van der Waals surface area (Å²) in [5.41, 5.74) is 5.50. The molecule has 4 nitrogen and oxygen atoms in total. The normalized spacial score (nSPS) is 11.8. The number of fused-ring (bicyclic) bond motifs is 1. The predicted octanol–water partition coefficient (Wildman–Crippen LogP) is 3.22. The molecule has 0 aliphatic carbocycles. The van der Waals surface area contributed by atoms with E-state index in [0.29, 0.717) is 11.8 Å². The molecule has 0 radical (unpaired) electrons. The molecule has 2 aromatic rings. The molecular formula is C15H17ClFNO3. The fourth-order valence-electron chi connectivity index (χ4n) is 2.01. The summed E-state index contributed by atoms with van der Waals surface area (Å²) in [6, 6.07) is 7.41. The lowest BCUT2D eigenvalue weighted by Crippen LogP contribution is -2.26. The van der Waals surface area contributed by atoms with Crippen LogP contribution in [-0.4, -0.2) is 23.7 Å². The monoisotopic (exact) mass is 313 g/mol. The van der Waals surface area contributed by atoms with E-state index in [1.807, 2.05) is 6.92 Å². The second kappa shape index (κ2) is 7.24. The maximum atomic E-state index is 13.7. The highest BCUT2D eigenvalue weighted by Crippen LogP contribution is 2.28. The highest BCUT2D eigenvalue weighted by molar-refractivity contribution is 5.97. The molecule has 0 spiro atoms. The summed E-state index contributed by atoms with van der Waals surface area (Å²) in [4.78, 5) is 11.3. The Labute approximate surface area is 128 Å². The lowest BCUT2D eigenvalue weighted by Gasteiger charge is -2.17. The van der Waals surface area contributed by atoms with Gasteiger partial charge in [0.2, 0.25) is 0 Å². The van der Waals surface area contributed by atoms with Gasteiger partial charge in [-0.2, -0.15) is 0 Å². The van der Waals surface area contributed by atoms with E-state index >= 15 is 0 Å². The maximum absolute atomic E-state index is 13.7. The minimum absolute atomic E-state index is 0. The Kier molecular flexibility index (Phi) is 5.93. The number of ether oxygens (including phenoxy) is 1. The lowest BCUT2D eigenvalue weighted by atomic mass is 10.1. The van der Waals surface area contributed by atoms with Crippen molar-refractivity contribution in [3.63, 3.8) is 0 Å². The van der Waals surface area contributed by atoms with Gasteiger partial charge in [-0.15, -0.1) is 12.4 Å². The molecule has 6 heteroatoms. The van der Waals surface area contributed by atoms with Crippen molar-refractivity contribution in [1.82, 2.24) is 0 Å². The number of halogens is 2. The molecule has 0 fully saturated rings. The van der Waals surface area contributed by atoms with Crippen molar-refractivity contribution in [3.8, 4) is 5.75 Å². The number of rotatable bonds is 5. The smallest absolute Gasteiger partial charge is 0.339 e. The van der Waals surface area contributed by atoms with Crippen molar-refractivity contribution in [2.45, 2.75) is 19.4 Å². The average molecular weight is 314 g/mol. The fourth-order valence-corrected chi connectivity index (χ4v) is 2.01.